The molecule has 0 radical (unpaired) electrons. The molecule has 11 heteroatoms. The topological polar surface area (TPSA) is 138 Å². The second kappa shape index (κ2) is 14.8. The average molecular weight is 580 g/mol. The van der Waals surface area contributed by atoms with Crippen molar-refractivity contribution in [2.75, 3.05) is 32.9 Å². The van der Waals surface area contributed by atoms with E-state index >= 15 is 0 Å². The molecule has 1 fully saturated rings. The fourth-order valence-corrected chi connectivity index (χ4v) is 4.93. The third-order valence-corrected chi connectivity index (χ3v) is 7.25. The monoisotopic (exact) mass is 579 g/mol. The Labute approximate surface area is 246 Å². The summed E-state index contributed by atoms with van der Waals surface area (Å²) in [4.78, 5) is 55.1. The van der Waals surface area contributed by atoms with Gasteiger partial charge in [-0.25, -0.2) is 0 Å². The van der Waals surface area contributed by atoms with E-state index in [-0.39, 0.29) is 43.0 Å². The highest BCUT2D eigenvalue weighted by Crippen LogP contribution is 2.19. The zero-order chi connectivity index (χ0) is 30.1. The molecule has 0 aromatic heterocycles. The van der Waals surface area contributed by atoms with E-state index < -0.39 is 29.8 Å². The van der Waals surface area contributed by atoms with Gasteiger partial charge in [-0.1, -0.05) is 50.2 Å². The lowest BCUT2D eigenvalue weighted by Crippen LogP contribution is -2.55. The van der Waals surface area contributed by atoms with Gasteiger partial charge in [0.15, 0.2) is 0 Å². The standard InChI is InChI=1S/C31H41N5O6/c1-20(2)28-31(40)33-21(3)19-42-26-10-5-4-9-24(26)29(38)34-25(16-27(37)35-28)30(39)32-17-22-7-6-8-23(15-22)18-36-11-13-41-14-12-36/h4-10,15,20-21,25,28H,11-14,16-19H2,1-3H3,(H,32,39)(H,33,40)(H,34,38)(H,35,37)/t21-,25+,28+/m1/s1. The van der Waals surface area contributed by atoms with Crippen LogP contribution in [-0.2, 0) is 32.2 Å². The van der Waals surface area contributed by atoms with E-state index in [0.29, 0.717) is 5.75 Å². The molecule has 0 spiro atoms. The summed E-state index contributed by atoms with van der Waals surface area (Å²) in [6.07, 6.45) is -0.344. The summed E-state index contributed by atoms with van der Waals surface area (Å²) in [5.41, 5.74) is 2.25. The van der Waals surface area contributed by atoms with Gasteiger partial charge in [-0.05, 0) is 36.1 Å². The first kappa shape index (κ1) is 31.0. The van der Waals surface area contributed by atoms with Gasteiger partial charge in [0.25, 0.3) is 5.91 Å². The molecule has 11 nitrogen and oxygen atoms in total. The number of amides is 4. The first-order valence-corrected chi connectivity index (χ1v) is 14.5. The van der Waals surface area contributed by atoms with Crippen molar-refractivity contribution in [3.8, 4) is 5.75 Å². The van der Waals surface area contributed by atoms with Gasteiger partial charge in [0.05, 0.1) is 31.2 Å². The first-order chi connectivity index (χ1) is 20.2. The third kappa shape index (κ3) is 8.77. The van der Waals surface area contributed by atoms with Gasteiger partial charge in [0.1, 0.15) is 24.4 Å². The molecule has 0 saturated carbocycles. The molecule has 0 aliphatic carbocycles. The lowest BCUT2D eigenvalue weighted by molar-refractivity contribution is -0.132. The number of nitrogens with zero attached hydrogens (tertiary/aromatic N) is 1. The largest absolute Gasteiger partial charge is 0.491 e. The number of carbonyl (C=O) groups is 4. The van der Waals surface area contributed by atoms with Crippen molar-refractivity contribution < 1.29 is 28.7 Å². The molecule has 42 heavy (non-hydrogen) atoms. The Balaban J connectivity index is 1.50. The fraction of sp³-hybridized carbons (Fsp3) is 0.484. The van der Waals surface area contributed by atoms with Crippen molar-refractivity contribution >= 4 is 23.6 Å². The lowest BCUT2D eigenvalue weighted by Gasteiger charge is -2.27. The number of rotatable bonds is 6. The minimum atomic E-state index is -1.18. The highest BCUT2D eigenvalue weighted by molar-refractivity contribution is 6.01. The van der Waals surface area contributed by atoms with Gasteiger partial charge in [-0.15, -0.1) is 0 Å². The Bertz CT molecular complexity index is 1260. The molecule has 0 bridgehead atoms. The summed E-state index contributed by atoms with van der Waals surface area (Å²) >= 11 is 0. The van der Waals surface area contributed by atoms with Gasteiger partial charge in [0.2, 0.25) is 17.7 Å². The summed E-state index contributed by atoms with van der Waals surface area (Å²) in [6, 6.07) is 12.2. The maximum Gasteiger partial charge on any atom is 0.255 e. The van der Waals surface area contributed by atoms with Crippen LogP contribution in [0.2, 0.25) is 0 Å². The van der Waals surface area contributed by atoms with Crippen molar-refractivity contribution in [2.24, 2.45) is 5.92 Å². The van der Waals surface area contributed by atoms with Crippen molar-refractivity contribution in [1.82, 2.24) is 26.2 Å². The number of benzene rings is 2. The minimum absolute atomic E-state index is 0.114. The highest BCUT2D eigenvalue weighted by Gasteiger charge is 2.30. The minimum Gasteiger partial charge on any atom is -0.491 e. The molecule has 4 rings (SSSR count). The summed E-state index contributed by atoms with van der Waals surface area (Å²) in [5, 5.41) is 11.2. The molecule has 2 heterocycles. The second-order valence-corrected chi connectivity index (χ2v) is 11.2. The third-order valence-electron chi connectivity index (χ3n) is 7.25. The van der Waals surface area contributed by atoms with E-state index in [1.165, 1.54) is 0 Å². The molecule has 2 aliphatic heterocycles. The van der Waals surface area contributed by atoms with E-state index in [9.17, 15) is 19.2 Å². The van der Waals surface area contributed by atoms with E-state index in [0.717, 1.165) is 44.0 Å². The smallest absolute Gasteiger partial charge is 0.255 e. The van der Waals surface area contributed by atoms with Crippen molar-refractivity contribution in [3.63, 3.8) is 0 Å². The van der Waals surface area contributed by atoms with Crippen LogP contribution in [0, 0.1) is 5.92 Å². The molecular weight excluding hydrogens is 538 g/mol. The van der Waals surface area contributed by atoms with Gasteiger partial charge in [-0.3, -0.25) is 24.1 Å². The summed E-state index contributed by atoms with van der Waals surface area (Å²) in [6.45, 7) is 9.73. The maximum atomic E-state index is 13.4. The van der Waals surface area contributed by atoms with E-state index in [1.54, 1.807) is 31.2 Å². The van der Waals surface area contributed by atoms with Crippen LogP contribution < -0.4 is 26.0 Å². The molecular formula is C31H41N5O6. The SMILES string of the molecule is CC(C)[C@@H]1NC(=O)C[C@@H](C(=O)NCc2cccc(CN3CCOCC3)c2)NC(=O)c2ccccc2OC[C@@H](C)NC1=O. The van der Waals surface area contributed by atoms with E-state index in [2.05, 4.69) is 26.2 Å². The highest BCUT2D eigenvalue weighted by atomic mass is 16.5. The molecule has 2 aliphatic rings. The summed E-state index contributed by atoms with van der Waals surface area (Å²) < 4.78 is 11.3. The van der Waals surface area contributed by atoms with Crippen molar-refractivity contribution in [2.45, 2.75) is 58.4 Å². The average Bonchev–Trinajstić information content (AvgIpc) is 2.97. The summed E-state index contributed by atoms with van der Waals surface area (Å²) in [7, 11) is 0. The number of morpholine rings is 1. The van der Waals surface area contributed by atoms with Crippen LogP contribution in [0.4, 0.5) is 0 Å². The molecule has 0 unspecified atom stereocenters. The fourth-order valence-electron chi connectivity index (χ4n) is 4.93. The van der Waals surface area contributed by atoms with Gasteiger partial charge < -0.3 is 30.7 Å². The Morgan fingerprint density at radius 1 is 1.00 bits per heavy atom. The Hall–Kier alpha value is -3.96. The Morgan fingerprint density at radius 3 is 2.50 bits per heavy atom. The number of ether oxygens (including phenoxy) is 2. The normalized spacial score (nSPS) is 22.6. The van der Waals surface area contributed by atoms with Crippen LogP contribution in [0.15, 0.2) is 48.5 Å². The summed E-state index contributed by atoms with van der Waals surface area (Å²) in [5.74, 6) is -1.81. The zero-order valence-corrected chi connectivity index (χ0v) is 24.5. The molecule has 2 aromatic rings. The van der Waals surface area contributed by atoms with Gasteiger partial charge >= 0.3 is 0 Å². The predicted molar refractivity (Wildman–Crippen MR) is 157 cm³/mol. The lowest BCUT2D eigenvalue weighted by atomic mass is 10.0. The van der Waals surface area contributed by atoms with Crippen molar-refractivity contribution in [1.29, 1.82) is 0 Å². The van der Waals surface area contributed by atoms with E-state index in [4.69, 9.17) is 9.47 Å². The molecule has 4 amide bonds. The van der Waals surface area contributed by atoms with E-state index in [1.807, 2.05) is 38.1 Å². The Kier molecular flexibility index (Phi) is 10.9. The molecule has 3 atom stereocenters. The molecule has 1 saturated heterocycles. The van der Waals surface area contributed by atoms with Crippen LogP contribution in [0.3, 0.4) is 0 Å². The van der Waals surface area contributed by atoms with Crippen LogP contribution >= 0.6 is 0 Å². The zero-order valence-electron chi connectivity index (χ0n) is 24.5. The van der Waals surface area contributed by atoms with Gasteiger partial charge in [0, 0.05) is 26.2 Å². The second-order valence-electron chi connectivity index (χ2n) is 11.2. The number of nitrogens with one attached hydrogen (secondary N) is 4. The maximum absolute atomic E-state index is 13.4. The molecule has 2 aromatic carbocycles. The van der Waals surface area contributed by atoms with Crippen LogP contribution in [0.25, 0.3) is 0 Å². The van der Waals surface area contributed by atoms with Crippen LogP contribution in [0.1, 0.15) is 48.7 Å². The number of fused-ring (bicyclic) bond motifs is 1. The van der Waals surface area contributed by atoms with Gasteiger partial charge in [-0.2, -0.15) is 0 Å². The Morgan fingerprint density at radius 2 is 1.74 bits per heavy atom. The molecule has 226 valence electrons. The predicted octanol–water partition coefficient (Wildman–Crippen LogP) is 1.36. The number of hydrogen-bond donors (Lipinski definition) is 4. The number of carbonyl (C=O) groups excluding carboxylic acids is 4. The van der Waals surface area contributed by atoms with Crippen molar-refractivity contribution in [3.05, 3.63) is 65.2 Å². The molecule has 4 N–H and O–H groups in total. The quantitative estimate of drug-likeness (QED) is 0.406. The number of hydrogen-bond acceptors (Lipinski definition) is 7. The number of para-hydroxylation sites is 1. The van der Waals surface area contributed by atoms with Crippen LogP contribution in [0.5, 0.6) is 5.75 Å². The van der Waals surface area contributed by atoms with Crippen LogP contribution in [-0.4, -0.2) is 79.6 Å². The first-order valence-electron chi connectivity index (χ1n) is 14.5.